The maximum Gasteiger partial charge on any atom is 0.354 e. The second kappa shape index (κ2) is 5.95. The van der Waals surface area contributed by atoms with Crippen LogP contribution in [0.1, 0.15) is 21.6 Å². The number of aromatic carboxylic acids is 1. The van der Waals surface area contributed by atoms with Crippen molar-refractivity contribution in [1.29, 1.82) is 0 Å². The SMILES string of the molecule is Cc1ccccc1CCNc1nccc(C(=O)O)n1. The van der Waals surface area contributed by atoms with Gasteiger partial charge in [-0.15, -0.1) is 0 Å². The zero-order valence-electron chi connectivity index (χ0n) is 10.6. The van der Waals surface area contributed by atoms with Crippen LogP contribution in [0.3, 0.4) is 0 Å². The summed E-state index contributed by atoms with van der Waals surface area (Å²) in [5.41, 5.74) is 2.49. The van der Waals surface area contributed by atoms with Gasteiger partial charge in [0, 0.05) is 12.7 Å². The van der Waals surface area contributed by atoms with E-state index in [2.05, 4.69) is 34.3 Å². The Hall–Kier alpha value is -2.43. The largest absolute Gasteiger partial charge is 0.477 e. The van der Waals surface area contributed by atoms with Gasteiger partial charge in [0.15, 0.2) is 5.69 Å². The molecule has 2 rings (SSSR count). The average molecular weight is 257 g/mol. The van der Waals surface area contributed by atoms with E-state index in [1.807, 2.05) is 12.1 Å². The zero-order valence-corrected chi connectivity index (χ0v) is 10.6. The lowest BCUT2D eigenvalue weighted by atomic mass is 10.1. The van der Waals surface area contributed by atoms with Crippen LogP contribution in [0.2, 0.25) is 0 Å². The van der Waals surface area contributed by atoms with E-state index in [-0.39, 0.29) is 5.69 Å². The summed E-state index contributed by atoms with van der Waals surface area (Å²) in [7, 11) is 0. The molecule has 5 nitrogen and oxygen atoms in total. The van der Waals surface area contributed by atoms with E-state index in [0.29, 0.717) is 12.5 Å². The van der Waals surface area contributed by atoms with Crippen molar-refractivity contribution < 1.29 is 9.90 Å². The van der Waals surface area contributed by atoms with E-state index in [1.165, 1.54) is 23.4 Å². The van der Waals surface area contributed by atoms with Gasteiger partial charge in [-0.1, -0.05) is 24.3 Å². The first-order valence-electron chi connectivity index (χ1n) is 6.01. The van der Waals surface area contributed by atoms with E-state index in [9.17, 15) is 4.79 Å². The Bertz CT molecular complexity index is 584. The molecule has 0 fully saturated rings. The molecule has 0 saturated carbocycles. The van der Waals surface area contributed by atoms with Crippen molar-refractivity contribution in [3.05, 3.63) is 53.3 Å². The molecule has 0 bridgehead atoms. The fraction of sp³-hybridized carbons (Fsp3) is 0.214. The van der Waals surface area contributed by atoms with Gasteiger partial charge in [0.1, 0.15) is 0 Å². The molecule has 0 radical (unpaired) electrons. The highest BCUT2D eigenvalue weighted by Crippen LogP contribution is 2.08. The van der Waals surface area contributed by atoms with Gasteiger partial charge >= 0.3 is 5.97 Å². The van der Waals surface area contributed by atoms with Crippen molar-refractivity contribution in [3.63, 3.8) is 0 Å². The second-order valence-electron chi connectivity index (χ2n) is 4.17. The normalized spacial score (nSPS) is 10.2. The maximum absolute atomic E-state index is 10.8. The molecule has 2 aromatic rings. The summed E-state index contributed by atoms with van der Waals surface area (Å²) in [6.45, 7) is 2.73. The molecule has 0 spiro atoms. The van der Waals surface area contributed by atoms with Gasteiger partial charge < -0.3 is 10.4 Å². The second-order valence-corrected chi connectivity index (χ2v) is 4.17. The first kappa shape index (κ1) is 13.0. The lowest BCUT2D eigenvalue weighted by molar-refractivity contribution is 0.0690. The lowest BCUT2D eigenvalue weighted by Crippen LogP contribution is -2.10. The first-order valence-corrected chi connectivity index (χ1v) is 6.01. The van der Waals surface area contributed by atoms with Crippen molar-refractivity contribution in [2.45, 2.75) is 13.3 Å². The monoisotopic (exact) mass is 257 g/mol. The van der Waals surface area contributed by atoms with Gasteiger partial charge in [-0.3, -0.25) is 0 Å². The Morgan fingerprint density at radius 3 is 2.84 bits per heavy atom. The van der Waals surface area contributed by atoms with E-state index in [0.717, 1.165) is 6.42 Å². The Balaban J connectivity index is 1.94. The van der Waals surface area contributed by atoms with Crippen LogP contribution in [0.5, 0.6) is 0 Å². The zero-order chi connectivity index (χ0) is 13.7. The van der Waals surface area contributed by atoms with Crippen LogP contribution in [-0.2, 0) is 6.42 Å². The quantitative estimate of drug-likeness (QED) is 0.858. The topological polar surface area (TPSA) is 75.1 Å². The third kappa shape index (κ3) is 3.51. The fourth-order valence-corrected chi connectivity index (χ4v) is 1.76. The molecule has 0 saturated heterocycles. The number of rotatable bonds is 5. The highest BCUT2D eigenvalue weighted by atomic mass is 16.4. The number of nitrogens with zero attached hydrogens (tertiary/aromatic N) is 2. The van der Waals surface area contributed by atoms with Crippen molar-refractivity contribution >= 4 is 11.9 Å². The van der Waals surface area contributed by atoms with Crippen LogP contribution >= 0.6 is 0 Å². The molecule has 0 atom stereocenters. The minimum absolute atomic E-state index is 0.00612. The summed E-state index contributed by atoms with van der Waals surface area (Å²) in [5.74, 6) is -0.710. The molecular weight excluding hydrogens is 242 g/mol. The van der Waals surface area contributed by atoms with Crippen LogP contribution in [0.4, 0.5) is 5.95 Å². The molecule has 98 valence electrons. The van der Waals surface area contributed by atoms with Gasteiger partial charge in [0.05, 0.1) is 0 Å². The summed E-state index contributed by atoms with van der Waals surface area (Å²) >= 11 is 0. The molecule has 0 aliphatic rings. The van der Waals surface area contributed by atoms with E-state index in [1.54, 1.807) is 0 Å². The molecule has 1 aromatic carbocycles. The van der Waals surface area contributed by atoms with Crippen molar-refractivity contribution in [2.24, 2.45) is 0 Å². The van der Waals surface area contributed by atoms with E-state index < -0.39 is 5.97 Å². The van der Waals surface area contributed by atoms with Crippen molar-refractivity contribution in [1.82, 2.24) is 9.97 Å². The van der Waals surface area contributed by atoms with Gasteiger partial charge in [0.2, 0.25) is 5.95 Å². The predicted molar refractivity (Wildman–Crippen MR) is 72.4 cm³/mol. The fourth-order valence-electron chi connectivity index (χ4n) is 1.76. The molecular formula is C14H15N3O2. The number of aryl methyl sites for hydroxylation is 1. The molecule has 19 heavy (non-hydrogen) atoms. The molecule has 0 amide bonds. The van der Waals surface area contributed by atoms with Crippen LogP contribution in [-0.4, -0.2) is 27.6 Å². The summed E-state index contributed by atoms with van der Waals surface area (Å²) < 4.78 is 0. The third-order valence-corrected chi connectivity index (χ3v) is 2.81. The number of nitrogens with one attached hydrogen (secondary N) is 1. The van der Waals surface area contributed by atoms with Crippen LogP contribution < -0.4 is 5.32 Å². The van der Waals surface area contributed by atoms with Gasteiger partial charge in [-0.25, -0.2) is 14.8 Å². The number of aromatic nitrogens is 2. The highest BCUT2D eigenvalue weighted by Gasteiger charge is 2.05. The number of hydrogen-bond acceptors (Lipinski definition) is 4. The Morgan fingerprint density at radius 1 is 1.32 bits per heavy atom. The van der Waals surface area contributed by atoms with E-state index >= 15 is 0 Å². The molecule has 0 unspecified atom stereocenters. The summed E-state index contributed by atoms with van der Waals surface area (Å²) in [6.07, 6.45) is 2.28. The summed E-state index contributed by atoms with van der Waals surface area (Å²) in [5, 5.41) is 11.9. The molecule has 0 aliphatic carbocycles. The molecule has 2 N–H and O–H groups in total. The molecule has 1 heterocycles. The van der Waals surface area contributed by atoms with Gasteiger partial charge in [-0.05, 0) is 30.5 Å². The minimum atomic E-state index is -1.05. The first-order chi connectivity index (χ1) is 9.16. The summed E-state index contributed by atoms with van der Waals surface area (Å²) in [6, 6.07) is 9.52. The number of carboxylic acid groups (broad SMARTS) is 1. The standard InChI is InChI=1S/C14H15N3O2/c1-10-4-2-3-5-11(10)6-8-15-14-16-9-7-12(17-14)13(18)19/h2-5,7,9H,6,8H2,1H3,(H,18,19)(H,15,16,17). The number of benzene rings is 1. The summed E-state index contributed by atoms with van der Waals surface area (Å²) in [4.78, 5) is 18.7. The third-order valence-electron chi connectivity index (χ3n) is 2.81. The number of carboxylic acids is 1. The van der Waals surface area contributed by atoms with Crippen LogP contribution in [0.15, 0.2) is 36.5 Å². The molecule has 5 heteroatoms. The number of anilines is 1. The highest BCUT2D eigenvalue weighted by molar-refractivity contribution is 5.85. The van der Waals surface area contributed by atoms with E-state index in [4.69, 9.17) is 5.11 Å². The van der Waals surface area contributed by atoms with Crippen LogP contribution in [0.25, 0.3) is 0 Å². The van der Waals surface area contributed by atoms with Gasteiger partial charge in [-0.2, -0.15) is 0 Å². The maximum atomic E-state index is 10.8. The number of carbonyl (C=O) groups is 1. The Morgan fingerprint density at radius 2 is 2.11 bits per heavy atom. The molecule has 0 aliphatic heterocycles. The lowest BCUT2D eigenvalue weighted by Gasteiger charge is -2.07. The minimum Gasteiger partial charge on any atom is -0.477 e. The van der Waals surface area contributed by atoms with Crippen molar-refractivity contribution in [2.75, 3.05) is 11.9 Å². The number of hydrogen-bond donors (Lipinski definition) is 2. The Labute approximate surface area is 111 Å². The Kier molecular flexibility index (Phi) is 4.07. The van der Waals surface area contributed by atoms with Gasteiger partial charge in [0.25, 0.3) is 0 Å². The van der Waals surface area contributed by atoms with Crippen molar-refractivity contribution in [3.8, 4) is 0 Å². The average Bonchev–Trinajstić information content (AvgIpc) is 2.41. The van der Waals surface area contributed by atoms with Crippen LogP contribution in [0, 0.1) is 6.92 Å². The smallest absolute Gasteiger partial charge is 0.354 e. The predicted octanol–water partition coefficient (Wildman–Crippen LogP) is 2.14. The molecule has 1 aromatic heterocycles.